The molecule has 0 saturated carbocycles. The van der Waals surface area contributed by atoms with Gasteiger partial charge in [0.05, 0.1) is 25.2 Å². The lowest BCUT2D eigenvalue weighted by atomic mass is 10.1. The Labute approximate surface area is 280 Å². The molecule has 5 rings (SSSR count). The first-order valence-electron chi connectivity index (χ1n) is 17.3. The molecule has 16 nitrogen and oxygen atoms in total. The zero-order chi connectivity index (χ0) is 34.4. The number of nitrogens with one attached hydrogen (secondary N) is 4. The molecular formula is C32H48N8O8. The maximum absolute atomic E-state index is 13.1. The summed E-state index contributed by atoms with van der Waals surface area (Å²) in [6, 6.07) is -3.87. The third-order valence-corrected chi connectivity index (χ3v) is 10.3. The fraction of sp³-hybridized carbons (Fsp3) is 0.750. The van der Waals surface area contributed by atoms with Gasteiger partial charge in [0.1, 0.15) is 30.5 Å². The minimum absolute atomic E-state index is 0.0862. The monoisotopic (exact) mass is 672 g/mol. The number of rotatable bonds is 11. The molecule has 5 fully saturated rings. The highest BCUT2D eigenvalue weighted by molar-refractivity contribution is 5.96. The fourth-order valence-corrected chi connectivity index (χ4v) is 7.63. The summed E-state index contributed by atoms with van der Waals surface area (Å²) in [5.74, 6) is -2.68. The molecule has 48 heavy (non-hydrogen) atoms. The highest BCUT2D eigenvalue weighted by Crippen LogP contribution is 2.25. The van der Waals surface area contributed by atoms with Gasteiger partial charge in [-0.3, -0.25) is 33.6 Å². The van der Waals surface area contributed by atoms with Crippen molar-refractivity contribution in [3.63, 3.8) is 0 Å². The van der Waals surface area contributed by atoms with Crippen molar-refractivity contribution in [2.24, 2.45) is 0 Å². The number of hydrogen-bond donors (Lipinski definition) is 4. The van der Waals surface area contributed by atoms with Crippen molar-refractivity contribution >= 4 is 47.6 Å². The molecule has 0 aromatic heterocycles. The van der Waals surface area contributed by atoms with E-state index < -0.39 is 59.7 Å². The number of aldehydes is 1. The Bertz CT molecular complexity index is 1290. The van der Waals surface area contributed by atoms with Crippen molar-refractivity contribution in [3.05, 3.63) is 0 Å². The van der Waals surface area contributed by atoms with Crippen LogP contribution in [-0.4, -0.2) is 149 Å². The predicted molar refractivity (Wildman–Crippen MR) is 170 cm³/mol. The summed E-state index contributed by atoms with van der Waals surface area (Å²) in [5, 5.41) is 11.0. The topological polar surface area (TPSA) is 198 Å². The first-order valence-corrected chi connectivity index (χ1v) is 17.3. The van der Waals surface area contributed by atoms with Crippen molar-refractivity contribution < 1.29 is 38.4 Å². The van der Waals surface area contributed by atoms with E-state index in [2.05, 4.69) is 21.3 Å². The van der Waals surface area contributed by atoms with Gasteiger partial charge in [-0.2, -0.15) is 0 Å². The van der Waals surface area contributed by atoms with E-state index in [-0.39, 0.29) is 30.9 Å². The molecule has 4 N–H and O–H groups in total. The zero-order valence-corrected chi connectivity index (χ0v) is 27.6. The molecule has 0 aromatic carbocycles. The van der Waals surface area contributed by atoms with E-state index in [1.165, 1.54) is 21.6 Å². The Hall–Kier alpha value is -4.08. The highest BCUT2D eigenvalue weighted by atomic mass is 16.2. The average Bonchev–Trinajstić information content (AvgIpc) is 3.93. The second kappa shape index (κ2) is 15.9. The van der Waals surface area contributed by atoms with E-state index in [1.807, 2.05) is 0 Å². The van der Waals surface area contributed by atoms with Crippen LogP contribution >= 0.6 is 0 Å². The first kappa shape index (κ1) is 35.2. The summed E-state index contributed by atoms with van der Waals surface area (Å²) in [7, 11) is 0. The highest BCUT2D eigenvalue weighted by Gasteiger charge is 2.41. The second-order valence-electron chi connectivity index (χ2n) is 13.4. The quantitative estimate of drug-likeness (QED) is 0.174. The van der Waals surface area contributed by atoms with E-state index in [9.17, 15) is 38.4 Å². The van der Waals surface area contributed by atoms with Crippen LogP contribution < -0.4 is 21.3 Å². The third-order valence-electron chi connectivity index (χ3n) is 10.3. The van der Waals surface area contributed by atoms with Gasteiger partial charge in [-0.25, -0.2) is 0 Å². The predicted octanol–water partition coefficient (Wildman–Crippen LogP) is -2.36. The minimum Gasteiger partial charge on any atom is -0.345 e. The Morgan fingerprint density at radius 1 is 0.667 bits per heavy atom. The van der Waals surface area contributed by atoms with Crippen molar-refractivity contribution in [1.29, 1.82) is 0 Å². The van der Waals surface area contributed by atoms with Gasteiger partial charge in [0, 0.05) is 26.2 Å². The molecule has 0 spiro atoms. The molecule has 264 valence electrons. The molecule has 0 aliphatic carbocycles. The molecule has 16 heteroatoms. The minimum atomic E-state index is -1.00. The molecule has 5 aliphatic heterocycles. The van der Waals surface area contributed by atoms with Crippen LogP contribution in [0.1, 0.15) is 71.1 Å². The van der Waals surface area contributed by atoms with Crippen LogP contribution in [0.5, 0.6) is 0 Å². The summed E-state index contributed by atoms with van der Waals surface area (Å²) < 4.78 is 0. The van der Waals surface area contributed by atoms with Gasteiger partial charge in [-0.05, 0) is 77.7 Å². The normalized spacial score (nSPS) is 27.6. The summed E-state index contributed by atoms with van der Waals surface area (Å²) in [4.78, 5) is 108. The van der Waals surface area contributed by atoms with Gasteiger partial charge >= 0.3 is 0 Å². The number of nitrogens with zero attached hydrogens (tertiary/aromatic N) is 4. The molecule has 0 aromatic rings. The summed E-state index contributed by atoms with van der Waals surface area (Å²) in [6.07, 6.45) is 7.10. The SMILES string of the molecule is C[C@H](NC(=O)[C@@H]1CCCN1C(=O)CNC(=O)[C@@H]1CCCN1C(=O)[C@@H]1CCCN1)C(=O)NCC(=O)N1CCC[C@H]1C(=O)N1CCC[C@H]1C=O. The van der Waals surface area contributed by atoms with Gasteiger partial charge < -0.3 is 45.7 Å². The molecule has 0 bridgehead atoms. The van der Waals surface area contributed by atoms with Crippen LogP contribution in [0.2, 0.25) is 0 Å². The zero-order valence-electron chi connectivity index (χ0n) is 27.6. The maximum Gasteiger partial charge on any atom is 0.245 e. The van der Waals surface area contributed by atoms with Gasteiger partial charge in [0.25, 0.3) is 0 Å². The molecule has 6 atom stereocenters. The van der Waals surface area contributed by atoms with Crippen LogP contribution in [0.4, 0.5) is 0 Å². The average molecular weight is 673 g/mol. The van der Waals surface area contributed by atoms with Gasteiger partial charge in [0.2, 0.25) is 41.4 Å². The standard InChI is InChI=1S/C32H48N8O8/c1-20(28(44)34-17-27(43)39-15-6-11-25(39)32(48)37-13-3-7-21(37)19-41)36-30(46)24-10-4-14-38(24)26(42)18-35-29(45)23-9-5-16-40(23)31(47)22-8-2-12-33-22/h19-25,33H,2-18H2,1H3,(H,34,44)(H,35,45)(H,36,46)/t20-,21-,22-,23-,24-,25-/m0/s1. The maximum atomic E-state index is 13.1. The third kappa shape index (κ3) is 7.79. The molecule has 5 heterocycles. The van der Waals surface area contributed by atoms with Crippen LogP contribution in [0.3, 0.4) is 0 Å². The Morgan fingerprint density at radius 2 is 1.23 bits per heavy atom. The number of amides is 7. The first-order chi connectivity index (χ1) is 23.1. The fourth-order valence-electron chi connectivity index (χ4n) is 7.63. The van der Waals surface area contributed by atoms with E-state index >= 15 is 0 Å². The van der Waals surface area contributed by atoms with Crippen LogP contribution in [0, 0.1) is 0 Å². The van der Waals surface area contributed by atoms with Crippen molar-refractivity contribution in [3.8, 4) is 0 Å². The number of hydrogen-bond acceptors (Lipinski definition) is 9. The van der Waals surface area contributed by atoms with Crippen LogP contribution in [-0.2, 0) is 38.4 Å². The summed E-state index contributed by atoms with van der Waals surface area (Å²) in [5.41, 5.74) is 0. The number of likely N-dealkylation sites (tertiary alicyclic amines) is 4. The van der Waals surface area contributed by atoms with E-state index in [4.69, 9.17) is 0 Å². The smallest absolute Gasteiger partial charge is 0.245 e. The summed E-state index contributed by atoms with van der Waals surface area (Å²) >= 11 is 0. The van der Waals surface area contributed by atoms with Crippen molar-refractivity contribution in [1.82, 2.24) is 40.9 Å². The van der Waals surface area contributed by atoms with E-state index in [1.54, 1.807) is 4.90 Å². The largest absolute Gasteiger partial charge is 0.345 e. The second-order valence-corrected chi connectivity index (χ2v) is 13.4. The lowest BCUT2D eigenvalue weighted by molar-refractivity contribution is -0.145. The lowest BCUT2D eigenvalue weighted by Crippen LogP contribution is -2.55. The van der Waals surface area contributed by atoms with Gasteiger partial charge in [0.15, 0.2) is 0 Å². The number of carbonyl (C=O) groups excluding carboxylic acids is 8. The van der Waals surface area contributed by atoms with E-state index in [0.717, 1.165) is 32.1 Å². The molecule has 0 unspecified atom stereocenters. The molecule has 5 saturated heterocycles. The lowest BCUT2D eigenvalue weighted by Gasteiger charge is -2.30. The molecular weight excluding hydrogens is 624 g/mol. The van der Waals surface area contributed by atoms with E-state index in [0.29, 0.717) is 71.1 Å². The molecule has 0 radical (unpaired) electrons. The van der Waals surface area contributed by atoms with Crippen LogP contribution in [0.15, 0.2) is 0 Å². The van der Waals surface area contributed by atoms with Crippen molar-refractivity contribution in [2.45, 2.75) is 107 Å². The van der Waals surface area contributed by atoms with Crippen LogP contribution in [0.25, 0.3) is 0 Å². The Balaban J connectivity index is 1.06. The Morgan fingerprint density at radius 3 is 1.88 bits per heavy atom. The summed E-state index contributed by atoms with van der Waals surface area (Å²) in [6.45, 7) is 3.26. The van der Waals surface area contributed by atoms with Gasteiger partial charge in [-0.1, -0.05) is 0 Å². The van der Waals surface area contributed by atoms with Crippen molar-refractivity contribution in [2.75, 3.05) is 45.8 Å². The molecule has 5 aliphatic rings. The van der Waals surface area contributed by atoms with Gasteiger partial charge in [-0.15, -0.1) is 0 Å². The Kier molecular flexibility index (Phi) is 11.7. The number of carbonyl (C=O) groups is 8. The molecule has 7 amide bonds.